The smallest absolute Gasteiger partial charge is 0.335 e. The molecule has 0 radical (unpaired) electrons. The van der Waals surface area contributed by atoms with Crippen LogP contribution in [0.2, 0.25) is 0 Å². The normalized spacial score (nSPS) is 13.2. The van der Waals surface area contributed by atoms with Crippen LogP contribution in [0.1, 0.15) is 28.8 Å². The van der Waals surface area contributed by atoms with Gasteiger partial charge in [-0.2, -0.15) is 5.26 Å². The molecule has 0 bridgehead atoms. The van der Waals surface area contributed by atoms with Crippen molar-refractivity contribution < 1.29 is 14.7 Å². The molecule has 2 rings (SSSR count). The summed E-state index contributed by atoms with van der Waals surface area (Å²) in [6.45, 7) is 0.990. The number of nitriles is 1. The zero-order valence-corrected chi connectivity index (χ0v) is 11.9. The first-order chi connectivity index (χ1) is 10.0. The van der Waals surface area contributed by atoms with Crippen molar-refractivity contribution in [2.45, 2.75) is 19.3 Å². The lowest BCUT2D eigenvalue weighted by atomic mass is 9.99. The van der Waals surface area contributed by atoms with Crippen LogP contribution in [-0.2, 0) is 6.42 Å². The molecule has 1 aromatic rings. The summed E-state index contributed by atoms with van der Waals surface area (Å²) in [5.74, 6) is -0.965. The monoisotopic (exact) mass is 287 g/mol. The number of rotatable bonds is 3. The lowest BCUT2D eigenvalue weighted by Crippen LogP contribution is -2.44. The average Bonchev–Trinajstić information content (AvgIpc) is 2.50. The number of carboxylic acids is 1. The summed E-state index contributed by atoms with van der Waals surface area (Å²) in [7, 11) is 1.67. The molecule has 0 spiro atoms. The lowest BCUT2D eigenvalue weighted by molar-refractivity contribution is 0.0696. The second-order valence-electron chi connectivity index (χ2n) is 5.02. The van der Waals surface area contributed by atoms with E-state index in [-0.39, 0.29) is 11.6 Å². The van der Waals surface area contributed by atoms with Gasteiger partial charge in [-0.3, -0.25) is 4.90 Å². The Morgan fingerprint density at radius 2 is 2.24 bits per heavy atom. The number of aryl methyl sites for hydroxylation is 1. The topological polar surface area (TPSA) is 84.6 Å². The fourth-order valence-electron chi connectivity index (χ4n) is 2.45. The predicted molar refractivity (Wildman–Crippen MR) is 77.3 cm³/mol. The van der Waals surface area contributed by atoms with Crippen LogP contribution in [0.15, 0.2) is 18.2 Å². The first-order valence-corrected chi connectivity index (χ1v) is 6.80. The third-order valence-electron chi connectivity index (χ3n) is 3.56. The minimum atomic E-state index is -0.965. The Bertz CT molecular complexity index is 607. The van der Waals surface area contributed by atoms with Crippen molar-refractivity contribution in [3.05, 3.63) is 29.3 Å². The van der Waals surface area contributed by atoms with Crippen LogP contribution in [-0.4, -0.2) is 42.1 Å². The van der Waals surface area contributed by atoms with Gasteiger partial charge in [0.05, 0.1) is 18.1 Å². The minimum absolute atomic E-state index is 0.158. The maximum absolute atomic E-state index is 12.4. The fraction of sp³-hybridized carbons (Fsp3) is 0.400. The van der Waals surface area contributed by atoms with Gasteiger partial charge in [0.25, 0.3) is 0 Å². The second kappa shape index (κ2) is 6.27. The lowest BCUT2D eigenvalue weighted by Gasteiger charge is -2.32. The van der Waals surface area contributed by atoms with Crippen molar-refractivity contribution in [1.29, 1.82) is 5.26 Å². The Morgan fingerprint density at radius 3 is 2.90 bits per heavy atom. The van der Waals surface area contributed by atoms with E-state index in [1.165, 1.54) is 11.0 Å². The van der Waals surface area contributed by atoms with Crippen molar-refractivity contribution in [3.8, 4) is 6.07 Å². The van der Waals surface area contributed by atoms with Crippen molar-refractivity contribution >= 4 is 17.7 Å². The van der Waals surface area contributed by atoms with E-state index >= 15 is 0 Å². The number of anilines is 1. The van der Waals surface area contributed by atoms with Gasteiger partial charge >= 0.3 is 12.0 Å². The van der Waals surface area contributed by atoms with Gasteiger partial charge in [-0.25, -0.2) is 9.59 Å². The SMILES string of the molecule is CN(CCC#N)C(=O)N1CCCc2cc(C(=O)O)ccc21. The Hall–Kier alpha value is -2.55. The van der Waals surface area contributed by atoms with Crippen molar-refractivity contribution in [3.63, 3.8) is 0 Å². The molecule has 0 saturated carbocycles. The summed E-state index contributed by atoms with van der Waals surface area (Å²) >= 11 is 0. The summed E-state index contributed by atoms with van der Waals surface area (Å²) in [4.78, 5) is 26.6. The Morgan fingerprint density at radius 1 is 1.48 bits per heavy atom. The van der Waals surface area contributed by atoms with Crippen LogP contribution in [0.5, 0.6) is 0 Å². The van der Waals surface area contributed by atoms with Gasteiger partial charge in [-0.05, 0) is 36.6 Å². The standard InChI is InChI=1S/C15H17N3O3/c1-17(8-3-7-16)15(21)18-9-2-4-11-10-12(14(19)20)5-6-13(11)18/h5-6,10H,2-4,8-9H2,1H3,(H,19,20). The maximum Gasteiger partial charge on any atom is 0.335 e. The molecule has 0 aliphatic carbocycles. The molecule has 0 atom stereocenters. The highest BCUT2D eigenvalue weighted by Crippen LogP contribution is 2.28. The van der Waals surface area contributed by atoms with Crippen LogP contribution in [0.3, 0.4) is 0 Å². The second-order valence-corrected chi connectivity index (χ2v) is 5.02. The van der Waals surface area contributed by atoms with Crippen LogP contribution in [0, 0.1) is 11.3 Å². The van der Waals surface area contributed by atoms with Gasteiger partial charge in [-0.1, -0.05) is 0 Å². The van der Waals surface area contributed by atoms with Gasteiger partial charge in [-0.15, -0.1) is 0 Å². The fourth-order valence-corrected chi connectivity index (χ4v) is 2.45. The van der Waals surface area contributed by atoms with E-state index in [0.29, 0.717) is 19.5 Å². The summed E-state index contributed by atoms with van der Waals surface area (Å²) in [6, 6.07) is 6.70. The van der Waals surface area contributed by atoms with E-state index in [2.05, 4.69) is 0 Å². The maximum atomic E-state index is 12.4. The van der Waals surface area contributed by atoms with Crippen LogP contribution in [0.4, 0.5) is 10.5 Å². The number of hydrogen-bond acceptors (Lipinski definition) is 3. The van der Waals surface area contributed by atoms with E-state index in [0.717, 1.165) is 24.1 Å². The van der Waals surface area contributed by atoms with E-state index in [1.807, 2.05) is 6.07 Å². The number of carbonyl (C=O) groups excluding carboxylic acids is 1. The third-order valence-corrected chi connectivity index (χ3v) is 3.56. The van der Waals surface area contributed by atoms with E-state index in [4.69, 9.17) is 10.4 Å². The zero-order chi connectivity index (χ0) is 15.4. The molecule has 6 nitrogen and oxygen atoms in total. The van der Waals surface area contributed by atoms with Gasteiger partial charge in [0.15, 0.2) is 0 Å². The molecular weight excluding hydrogens is 270 g/mol. The molecule has 1 N–H and O–H groups in total. The first-order valence-electron chi connectivity index (χ1n) is 6.80. The molecule has 0 saturated heterocycles. The number of urea groups is 1. The number of benzene rings is 1. The quantitative estimate of drug-likeness (QED) is 0.922. The van der Waals surface area contributed by atoms with Crippen LogP contribution < -0.4 is 4.90 Å². The Kier molecular flexibility index (Phi) is 4.43. The molecule has 1 aliphatic rings. The number of carbonyl (C=O) groups is 2. The molecule has 0 unspecified atom stereocenters. The highest BCUT2D eigenvalue weighted by Gasteiger charge is 2.25. The summed E-state index contributed by atoms with van der Waals surface area (Å²) in [6.07, 6.45) is 1.86. The van der Waals surface area contributed by atoms with Crippen LogP contribution >= 0.6 is 0 Å². The zero-order valence-electron chi connectivity index (χ0n) is 11.9. The van der Waals surface area contributed by atoms with Crippen LogP contribution in [0.25, 0.3) is 0 Å². The number of aromatic carboxylic acids is 1. The van der Waals surface area contributed by atoms with Gasteiger partial charge < -0.3 is 10.0 Å². The Labute approximate surface area is 123 Å². The average molecular weight is 287 g/mol. The molecule has 110 valence electrons. The molecule has 0 fully saturated rings. The summed E-state index contributed by atoms with van der Waals surface area (Å²) in [5.41, 5.74) is 1.88. The molecule has 0 aromatic heterocycles. The number of hydrogen-bond donors (Lipinski definition) is 1. The molecule has 1 aromatic carbocycles. The summed E-state index contributed by atoms with van der Waals surface area (Å²) < 4.78 is 0. The number of nitrogens with zero attached hydrogens (tertiary/aromatic N) is 3. The molecular formula is C15H17N3O3. The summed E-state index contributed by atoms with van der Waals surface area (Å²) in [5, 5.41) is 17.6. The van der Waals surface area contributed by atoms with Gasteiger partial charge in [0.2, 0.25) is 0 Å². The van der Waals surface area contributed by atoms with Crippen molar-refractivity contribution in [2.75, 3.05) is 25.0 Å². The first kappa shape index (κ1) is 14.9. The van der Waals surface area contributed by atoms with E-state index < -0.39 is 5.97 Å². The van der Waals surface area contributed by atoms with Crippen molar-refractivity contribution in [2.24, 2.45) is 0 Å². The Balaban J connectivity index is 2.24. The number of fused-ring (bicyclic) bond motifs is 1. The molecule has 1 aliphatic heterocycles. The highest BCUT2D eigenvalue weighted by atomic mass is 16.4. The van der Waals surface area contributed by atoms with E-state index in [1.54, 1.807) is 24.1 Å². The third kappa shape index (κ3) is 3.14. The van der Waals surface area contributed by atoms with E-state index in [9.17, 15) is 9.59 Å². The van der Waals surface area contributed by atoms with Gasteiger partial charge in [0.1, 0.15) is 0 Å². The number of carboxylic acid groups (broad SMARTS) is 1. The van der Waals surface area contributed by atoms with Crippen molar-refractivity contribution in [1.82, 2.24) is 4.90 Å². The molecule has 1 heterocycles. The molecule has 6 heteroatoms. The largest absolute Gasteiger partial charge is 0.478 e. The minimum Gasteiger partial charge on any atom is -0.478 e. The number of amides is 2. The van der Waals surface area contributed by atoms with Gasteiger partial charge in [0, 0.05) is 25.8 Å². The molecule has 21 heavy (non-hydrogen) atoms. The predicted octanol–water partition coefficient (Wildman–Crippen LogP) is 2.10. The highest BCUT2D eigenvalue weighted by molar-refractivity contribution is 5.95. The molecule has 2 amide bonds.